The number of rotatable bonds is 8. The monoisotopic (exact) mass is 269 g/mol. The van der Waals surface area contributed by atoms with Gasteiger partial charge in [0.05, 0.1) is 6.61 Å². The highest BCUT2D eigenvalue weighted by Crippen LogP contribution is 2.19. The smallest absolute Gasteiger partial charge is 0.0622 e. The number of benzene rings is 1. The van der Waals surface area contributed by atoms with Gasteiger partial charge in [-0.2, -0.15) is 0 Å². The van der Waals surface area contributed by atoms with Crippen molar-refractivity contribution in [3.8, 4) is 0 Å². The number of nitrogens with one attached hydrogen (secondary N) is 1. The molecule has 102 valence electrons. The zero-order chi connectivity index (χ0) is 13.4. The Bertz CT molecular complexity index is 354. The van der Waals surface area contributed by atoms with E-state index < -0.39 is 0 Å². The van der Waals surface area contributed by atoms with E-state index in [4.69, 9.17) is 16.3 Å². The number of likely N-dealkylation sites (N-methyl/N-ethyl adjacent to an activating group) is 1. The van der Waals surface area contributed by atoms with Crippen molar-refractivity contribution >= 4 is 11.6 Å². The van der Waals surface area contributed by atoms with Gasteiger partial charge in [0.2, 0.25) is 0 Å². The molecule has 0 saturated carbocycles. The molecule has 0 aliphatic heterocycles. The van der Waals surface area contributed by atoms with Crippen LogP contribution in [0.3, 0.4) is 0 Å². The quantitative estimate of drug-likeness (QED) is 0.728. The highest BCUT2D eigenvalue weighted by atomic mass is 35.5. The molecule has 3 heteroatoms. The fourth-order valence-electron chi connectivity index (χ4n) is 1.93. The Morgan fingerprint density at radius 3 is 2.72 bits per heavy atom. The second kappa shape index (κ2) is 8.52. The third-order valence-electron chi connectivity index (χ3n) is 2.84. The molecule has 2 nitrogen and oxygen atoms in total. The molecule has 1 atom stereocenters. The summed E-state index contributed by atoms with van der Waals surface area (Å²) in [4.78, 5) is 0. The molecule has 0 heterocycles. The fraction of sp³-hybridized carbons (Fsp3) is 0.600. The highest BCUT2D eigenvalue weighted by Gasteiger charge is 2.11. The number of ether oxygens (including phenoxy) is 1. The van der Waals surface area contributed by atoms with Crippen LogP contribution in [0.2, 0.25) is 5.02 Å². The Hall–Kier alpha value is -0.570. The normalized spacial score (nSPS) is 12.7. The lowest BCUT2D eigenvalue weighted by atomic mass is 10.0. The number of hydrogen-bond acceptors (Lipinski definition) is 2. The predicted octanol–water partition coefficient (Wildman–Crippen LogP) is 3.60. The standard InChI is InChI=1S/C15H24ClNO/c1-4-8-18-11-14(17-5-2)10-13-7-6-12(3)9-15(13)16/h6-7,9,14,17H,4-5,8,10-11H2,1-3H3. The van der Waals surface area contributed by atoms with Gasteiger partial charge in [0.25, 0.3) is 0 Å². The summed E-state index contributed by atoms with van der Waals surface area (Å²) in [5.41, 5.74) is 2.39. The van der Waals surface area contributed by atoms with Gasteiger partial charge in [-0.15, -0.1) is 0 Å². The molecular formula is C15H24ClNO. The molecule has 0 bridgehead atoms. The van der Waals surface area contributed by atoms with E-state index >= 15 is 0 Å². The van der Waals surface area contributed by atoms with Gasteiger partial charge in [-0.3, -0.25) is 0 Å². The molecule has 1 aromatic carbocycles. The van der Waals surface area contributed by atoms with Crippen LogP contribution in [0.25, 0.3) is 0 Å². The Morgan fingerprint density at radius 2 is 2.11 bits per heavy atom. The summed E-state index contributed by atoms with van der Waals surface area (Å²) in [6.07, 6.45) is 1.97. The van der Waals surface area contributed by atoms with Gasteiger partial charge in [-0.1, -0.05) is 37.6 Å². The second-order valence-electron chi connectivity index (χ2n) is 4.63. The molecule has 1 N–H and O–H groups in total. The van der Waals surface area contributed by atoms with Crippen LogP contribution in [-0.2, 0) is 11.2 Å². The van der Waals surface area contributed by atoms with Gasteiger partial charge >= 0.3 is 0 Å². The number of aryl methyl sites for hydroxylation is 1. The molecule has 0 aliphatic rings. The molecule has 0 fully saturated rings. The summed E-state index contributed by atoms with van der Waals surface area (Å²) in [5, 5.41) is 4.30. The average molecular weight is 270 g/mol. The average Bonchev–Trinajstić information content (AvgIpc) is 2.33. The lowest BCUT2D eigenvalue weighted by Crippen LogP contribution is -2.35. The molecule has 0 spiro atoms. The molecule has 0 aromatic heterocycles. The molecular weight excluding hydrogens is 246 g/mol. The third kappa shape index (κ3) is 5.38. The van der Waals surface area contributed by atoms with Crippen molar-refractivity contribution in [2.45, 2.75) is 39.7 Å². The summed E-state index contributed by atoms with van der Waals surface area (Å²) in [6.45, 7) is 8.81. The topological polar surface area (TPSA) is 21.3 Å². The van der Waals surface area contributed by atoms with E-state index in [1.54, 1.807) is 0 Å². The number of halogens is 1. The van der Waals surface area contributed by atoms with Crippen molar-refractivity contribution in [1.82, 2.24) is 5.32 Å². The van der Waals surface area contributed by atoms with Gasteiger partial charge in [0, 0.05) is 17.7 Å². The molecule has 1 rings (SSSR count). The summed E-state index contributed by atoms with van der Waals surface area (Å²) >= 11 is 6.27. The minimum Gasteiger partial charge on any atom is -0.380 e. The fourth-order valence-corrected chi connectivity index (χ4v) is 2.24. The van der Waals surface area contributed by atoms with Crippen molar-refractivity contribution < 1.29 is 4.74 Å². The Balaban J connectivity index is 2.58. The van der Waals surface area contributed by atoms with Crippen molar-refractivity contribution in [2.75, 3.05) is 19.8 Å². The lowest BCUT2D eigenvalue weighted by molar-refractivity contribution is 0.112. The van der Waals surface area contributed by atoms with Crippen LogP contribution in [0, 0.1) is 6.92 Å². The zero-order valence-corrected chi connectivity index (χ0v) is 12.4. The Morgan fingerprint density at radius 1 is 1.33 bits per heavy atom. The van der Waals surface area contributed by atoms with Gasteiger partial charge in [0.1, 0.15) is 0 Å². The van der Waals surface area contributed by atoms with E-state index in [9.17, 15) is 0 Å². The molecule has 0 radical (unpaired) electrons. The molecule has 18 heavy (non-hydrogen) atoms. The van der Waals surface area contributed by atoms with Gasteiger partial charge in [-0.25, -0.2) is 0 Å². The lowest BCUT2D eigenvalue weighted by Gasteiger charge is -2.18. The Kier molecular flexibility index (Phi) is 7.33. The van der Waals surface area contributed by atoms with Crippen molar-refractivity contribution in [1.29, 1.82) is 0 Å². The minimum atomic E-state index is 0.335. The molecule has 0 saturated heterocycles. The van der Waals surface area contributed by atoms with E-state index in [-0.39, 0.29) is 0 Å². The van der Waals surface area contributed by atoms with Crippen LogP contribution in [0.1, 0.15) is 31.4 Å². The van der Waals surface area contributed by atoms with Crippen LogP contribution in [-0.4, -0.2) is 25.8 Å². The first-order chi connectivity index (χ1) is 8.67. The maximum Gasteiger partial charge on any atom is 0.0622 e. The SMILES string of the molecule is CCCOCC(Cc1ccc(C)cc1Cl)NCC. The van der Waals surface area contributed by atoms with Gasteiger partial charge in [0.15, 0.2) is 0 Å². The van der Waals surface area contributed by atoms with E-state index in [2.05, 4.69) is 38.2 Å². The largest absolute Gasteiger partial charge is 0.380 e. The minimum absolute atomic E-state index is 0.335. The van der Waals surface area contributed by atoms with E-state index in [1.165, 1.54) is 11.1 Å². The first-order valence-electron chi connectivity index (χ1n) is 6.73. The first kappa shape index (κ1) is 15.5. The third-order valence-corrected chi connectivity index (χ3v) is 3.19. The maximum atomic E-state index is 6.27. The van der Waals surface area contributed by atoms with E-state index in [0.29, 0.717) is 6.04 Å². The molecule has 1 unspecified atom stereocenters. The summed E-state index contributed by atoms with van der Waals surface area (Å²) in [5.74, 6) is 0. The van der Waals surface area contributed by atoms with Crippen molar-refractivity contribution in [2.24, 2.45) is 0 Å². The zero-order valence-electron chi connectivity index (χ0n) is 11.6. The maximum absolute atomic E-state index is 6.27. The van der Waals surface area contributed by atoms with Crippen LogP contribution in [0.5, 0.6) is 0 Å². The summed E-state index contributed by atoms with van der Waals surface area (Å²) < 4.78 is 5.63. The first-order valence-corrected chi connectivity index (χ1v) is 7.11. The van der Waals surface area contributed by atoms with Crippen LogP contribution >= 0.6 is 11.6 Å². The summed E-state index contributed by atoms with van der Waals surface area (Å²) in [6, 6.07) is 6.58. The predicted molar refractivity (Wildman–Crippen MR) is 78.5 cm³/mol. The highest BCUT2D eigenvalue weighted by molar-refractivity contribution is 6.31. The van der Waals surface area contributed by atoms with E-state index in [1.807, 2.05) is 6.07 Å². The Labute approximate surface area is 116 Å². The summed E-state index contributed by atoms with van der Waals surface area (Å²) in [7, 11) is 0. The van der Waals surface area contributed by atoms with Crippen molar-refractivity contribution in [3.05, 3.63) is 34.3 Å². The van der Waals surface area contributed by atoms with Crippen LogP contribution in [0.4, 0.5) is 0 Å². The van der Waals surface area contributed by atoms with Gasteiger partial charge in [-0.05, 0) is 43.5 Å². The number of hydrogen-bond donors (Lipinski definition) is 1. The molecule has 0 aliphatic carbocycles. The second-order valence-corrected chi connectivity index (χ2v) is 5.04. The van der Waals surface area contributed by atoms with E-state index in [0.717, 1.165) is 37.6 Å². The van der Waals surface area contributed by atoms with Crippen LogP contribution in [0.15, 0.2) is 18.2 Å². The van der Waals surface area contributed by atoms with Crippen molar-refractivity contribution in [3.63, 3.8) is 0 Å². The molecule has 0 amide bonds. The van der Waals surface area contributed by atoms with Crippen LogP contribution < -0.4 is 5.32 Å². The molecule has 1 aromatic rings. The van der Waals surface area contributed by atoms with Gasteiger partial charge < -0.3 is 10.1 Å².